The van der Waals surface area contributed by atoms with Crippen molar-refractivity contribution in [3.63, 3.8) is 0 Å². The zero-order valence-electron chi connectivity index (χ0n) is 10.3. The minimum absolute atomic E-state index is 0.0465. The van der Waals surface area contributed by atoms with Crippen LogP contribution < -0.4 is 5.32 Å². The summed E-state index contributed by atoms with van der Waals surface area (Å²) in [5.74, 6) is 0. The first-order valence-corrected chi connectivity index (χ1v) is 5.90. The van der Waals surface area contributed by atoms with Gasteiger partial charge in [0, 0.05) is 24.3 Å². The standard InChI is InChI=1S/C12H21N3O/c1-12(2,3)15-8-9(7-14-15)6-13-10-4-11(16)5-10/h7-8,10-11,13,16H,4-6H2,1-3H3. The summed E-state index contributed by atoms with van der Waals surface area (Å²) in [4.78, 5) is 0. The average molecular weight is 223 g/mol. The van der Waals surface area contributed by atoms with Gasteiger partial charge in [-0.05, 0) is 33.6 Å². The Morgan fingerprint density at radius 1 is 1.50 bits per heavy atom. The van der Waals surface area contributed by atoms with E-state index in [0.717, 1.165) is 19.4 Å². The number of aliphatic hydroxyl groups excluding tert-OH is 1. The summed E-state index contributed by atoms with van der Waals surface area (Å²) in [5, 5.41) is 16.9. The lowest BCUT2D eigenvalue weighted by atomic mass is 9.89. The number of nitrogens with one attached hydrogen (secondary N) is 1. The second kappa shape index (κ2) is 4.18. The Balaban J connectivity index is 1.84. The van der Waals surface area contributed by atoms with E-state index in [9.17, 15) is 0 Å². The number of aromatic nitrogens is 2. The monoisotopic (exact) mass is 223 g/mol. The van der Waals surface area contributed by atoms with Crippen molar-refractivity contribution < 1.29 is 5.11 Å². The Hall–Kier alpha value is -0.870. The summed E-state index contributed by atoms with van der Waals surface area (Å²) in [6, 6.07) is 0.480. The van der Waals surface area contributed by atoms with Crippen molar-refractivity contribution in [2.24, 2.45) is 0 Å². The maximum absolute atomic E-state index is 9.17. The fraction of sp³-hybridized carbons (Fsp3) is 0.750. The van der Waals surface area contributed by atoms with Crippen LogP contribution in [0.25, 0.3) is 0 Å². The van der Waals surface area contributed by atoms with Gasteiger partial charge < -0.3 is 10.4 Å². The highest BCUT2D eigenvalue weighted by molar-refractivity contribution is 5.05. The highest BCUT2D eigenvalue weighted by atomic mass is 16.3. The zero-order chi connectivity index (χ0) is 11.8. The van der Waals surface area contributed by atoms with Crippen LogP contribution in [0.2, 0.25) is 0 Å². The van der Waals surface area contributed by atoms with Crippen molar-refractivity contribution in [3.8, 4) is 0 Å². The van der Waals surface area contributed by atoms with Gasteiger partial charge in [-0.3, -0.25) is 4.68 Å². The topological polar surface area (TPSA) is 50.1 Å². The van der Waals surface area contributed by atoms with Gasteiger partial charge in [0.2, 0.25) is 0 Å². The molecule has 2 rings (SSSR count). The van der Waals surface area contributed by atoms with Crippen LogP contribution in [0.5, 0.6) is 0 Å². The van der Waals surface area contributed by atoms with Gasteiger partial charge in [0.25, 0.3) is 0 Å². The average Bonchev–Trinajstić information content (AvgIpc) is 2.58. The Morgan fingerprint density at radius 2 is 2.19 bits per heavy atom. The summed E-state index contributed by atoms with van der Waals surface area (Å²) in [5.41, 5.74) is 1.25. The first kappa shape index (κ1) is 11.6. The van der Waals surface area contributed by atoms with Crippen LogP contribution in [0.3, 0.4) is 0 Å². The first-order chi connectivity index (χ1) is 7.45. The molecule has 0 radical (unpaired) electrons. The van der Waals surface area contributed by atoms with Crippen LogP contribution >= 0.6 is 0 Å². The SMILES string of the molecule is CC(C)(C)n1cc(CNC2CC(O)C2)cn1. The van der Waals surface area contributed by atoms with E-state index < -0.39 is 0 Å². The van der Waals surface area contributed by atoms with Gasteiger partial charge in [-0.25, -0.2) is 0 Å². The van der Waals surface area contributed by atoms with Crippen molar-refractivity contribution >= 4 is 0 Å². The maximum atomic E-state index is 9.17. The van der Waals surface area contributed by atoms with E-state index in [2.05, 4.69) is 37.4 Å². The molecule has 1 aromatic rings. The van der Waals surface area contributed by atoms with Gasteiger partial charge in [-0.15, -0.1) is 0 Å². The highest BCUT2D eigenvalue weighted by Crippen LogP contribution is 2.20. The number of rotatable bonds is 3. The third kappa shape index (κ3) is 2.62. The van der Waals surface area contributed by atoms with Gasteiger partial charge in [-0.1, -0.05) is 0 Å². The molecule has 4 nitrogen and oxygen atoms in total. The van der Waals surface area contributed by atoms with Gasteiger partial charge in [0.15, 0.2) is 0 Å². The van der Waals surface area contributed by atoms with E-state index in [4.69, 9.17) is 5.11 Å². The number of hydrogen-bond donors (Lipinski definition) is 2. The molecule has 0 aromatic carbocycles. The van der Waals surface area contributed by atoms with E-state index in [0.29, 0.717) is 6.04 Å². The van der Waals surface area contributed by atoms with Crippen LogP contribution in [0, 0.1) is 0 Å². The molecular formula is C12H21N3O. The van der Waals surface area contributed by atoms with Gasteiger partial charge in [-0.2, -0.15) is 5.10 Å². The number of aliphatic hydroxyl groups is 1. The largest absolute Gasteiger partial charge is 0.393 e. The normalized spacial score (nSPS) is 25.5. The lowest BCUT2D eigenvalue weighted by molar-refractivity contribution is 0.0619. The maximum Gasteiger partial charge on any atom is 0.0570 e. The minimum Gasteiger partial charge on any atom is -0.393 e. The Morgan fingerprint density at radius 3 is 2.69 bits per heavy atom. The van der Waals surface area contributed by atoms with Crippen LogP contribution in [0.15, 0.2) is 12.4 Å². The molecular weight excluding hydrogens is 202 g/mol. The van der Waals surface area contributed by atoms with Gasteiger partial charge >= 0.3 is 0 Å². The molecule has 1 saturated carbocycles. The van der Waals surface area contributed by atoms with Crippen molar-refractivity contribution in [2.75, 3.05) is 0 Å². The van der Waals surface area contributed by atoms with Crippen LogP contribution in [0.1, 0.15) is 39.2 Å². The van der Waals surface area contributed by atoms with Crippen molar-refractivity contribution in [1.82, 2.24) is 15.1 Å². The predicted molar refractivity (Wildman–Crippen MR) is 63.1 cm³/mol. The second-order valence-electron chi connectivity index (χ2n) is 5.67. The molecule has 0 saturated heterocycles. The summed E-state index contributed by atoms with van der Waals surface area (Å²) < 4.78 is 1.99. The Bertz CT molecular complexity index is 347. The Labute approximate surface area is 96.7 Å². The van der Waals surface area contributed by atoms with E-state index in [1.807, 2.05) is 10.9 Å². The molecule has 1 fully saturated rings. The lowest BCUT2D eigenvalue weighted by Gasteiger charge is -2.32. The second-order valence-corrected chi connectivity index (χ2v) is 5.67. The van der Waals surface area contributed by atoms with Crippen LogP contribution in [0.4, 0.5) is 0 Å². The first-order valence-electron chi connectivity index (χ1n) is 5.90. The summed E-state index contributed by atoms with van der Waals surface area (Å²) in [7, 11) is 0. The molecule has 0 amide bonds. The molecule has 0 unspecified atom stereocenters. The summed E-state index contributed by atoms with van der Waals surface area (Å²) >= 11 is 0. The molecule has 0 aliphatic heterocycles. The predicted octanol–water partition coefficient (Wildman–Crippen LogP) is 1.25. The van der Waals surface area contributed by atoms with E-state index in [1.165, 1.54) is 5.56 Å². The molecule has 1 aromatic heterocycles. The molecule has 2 N–H and O–H groups in total. The smallest absolute Gasteiger partial charge is 0.0570 e. The minimum atomic E-state index is -0.0881. The molecule has 1 aliphatic rings. The number of nitrogens with zero attached hydrogens (tertiary/aromatic N) is 2. The van der Waals surface area contributed by atoms with Crippen molar-refractivity contribution in [2.45, 2.75) is 57.8 Å². The molecule has 4 heteroatoms. The van der Waals surface area contributed by atoms with E-state index in [-0.39, 0.29) is 11.6 Å². The molecule has 1 heterocycles. The molecule has 1 aliphatic carbocycles. The zero-order valence-corrected chi connectivity index (χ0v) is 10.3. The third-order valence-electron chi connectivity index (χ3n) is 3.03. The van der Waals surface area contributed by atoms with Crippen LogP contribution in [-0.4, -0.2) is 27.0 Å². The lowest BCUT2D eigenvalue weighted by Crippen LogP contribution is -2.43. The van der Waals surface area contributed by atoms with E-state index in [1.54, 1.807) is 0 Å². The molecule has 16 heavy (non-hydrogen) atoms. The van der Waals surface area contributed by atoms with Gasteiger partial charge in [0.1, 0.15) is 0 Å². The summed E-state index contributed by atoms with van der Waals surface area (Å²) in [6.45, 7) is 7.26. The van der Waals surface area contributed by atoms with Crippen LogP contribution in [-0.2, 0) is 12.1 Å². The third-order valence-corrected chi connectivity index (χ3v) is 3.03. The summed E-state index contributed by atoms with van der Waals surface area (Å²) in [6.07, 6.45) is 5.67. The van der Waals surface area contributed by atoms with E-state index >= 15 is 0 Å². The fourth-order valence-electron chi connectivity index (χ4n) is 1.83. The molecule has 90 valence electrons. The highest BCUT2D eigenvalue weighted by Gasteiger charge is 2.26. The molecule has 0 bridgehead atoms. The molecule has 0 atom stereocenters. The van der Waals surface area contributed by atoms with Crippen molar-refractivity contribution in [1.29, 1.82) is 0 Å². The molecule has 0 spiro atoms. The van der Waals surface area contributed by atoms with Gasteiger partial charge in [0.05, 0.1) is 17.8 Å². The quantitative estimate of drug-likeness (QED) is 0.811. The van der Waals surface area contributed by atoms with Crippen molar-refractivity contribution in [3.05, 3.63) is 18.0 Å². The fourth-order valence-corrected chi connectivity index (χ4v) is 1.83. The Kier molecular flexibility index (Phi) is 3.04. The number of hydrogen-bond acceptors (Lipinski definition) is 3.